The number of para-hydroxylation sites is 1. The van der Waals surface area contributed by atoms with Crippen LogP contribution in [0.5, 0.6) is 0 Å². The highest BCUT2D eigenvalue weighted by atomic mass is 16.2. The van der Waals surface area contributed by atoms with Crippen LogP contribution < -0.4 is 10.6 Å². The van der Waals surface area contributed by atoms with Crippen LogP contribution in [0.3, 0.4) is 0 Å². The molecule has 0 radical (unpaired) electrons. The van der Waals surface area contributed by atoms with Crippen molar-refractivity contribution in [3.05, 3.63) is 36.0 Å². The fraction of sp³-hybridized carbons (Fsp3) is 0.312. The minimum atomic E-state index is -0.678. The molecule has 116 valence electrons. The average Bonchev–Trinajstić information content (AvgIpc) is 2.89. The fourth-order valence-electron chi connectivity index (χ4n) is 2.35. The maximum atomic E-state index is 11.9. The summed E-state index contributed by atoms with van der Waals surface area (Å²) in [5.74, 6) is -0.672. The van der Waals surface area contributed by atoms with E-state index >= 15 is 0 Å². The maximum absolute atomic E-state index is 11.9. The van der Waals surface area contributed by atoms with Crippen molar-refractivity contribution in [2.24, 2.45) is 0 Å². The van der Waals surface area contributed by atoms with E-state index < -0.39 is 12.1 Å². The Bertz CT molecular complexity index is 693. The summed E-state index contributed by atoms with van der Waals surface area (Å²) in [5, 5.41) is 6.15. The van der Waals surface area contributed by atoms with Gasteiger partial charge in [-0.2, -0.15) is 0 Å². The molecule has 0 saturated heterocycles. The third-order valence-electron chi connectivity index (χ3n) is 3.42. The van der Waals surface area contributed by atoms with Gasteiger partial charge in [0, 0.05) is 30.4 Å². The van der Waals surface area contributed by atoms with Gasteiger partial charge in [-0.25, -0.2) is 0 Å². The number of aromatic nitrogens is 1. The van der Waals surface area contributed by atoms with Gasteiger partial charge in [-0.05, 0) is 18.6 Å². The quantitative estimate of drug-likeness (QED) is 0.693. The second-order valence-corrected chi connectivity index (χ2v) is 5.24. The normalized spacial score (nSPS) is 13.4. The topological polar surface area (TPSA) is 91.1 Å². The number of rotatable bonds is 6. The van der Waals surface area contributed by atoms with Crippen LogP contribution in [0.15, 0.2) is 30.5 Å². The summed E-state index contributed by atoms with van der Waals surface area (Å²) >= 11 is 0. The lowest BCUT2D eigenvalue weighted by Crippen LogP contribution is -2.48. The SMILES string of the molecule is CC(=O)N[C@@H](C)C(=O)N[C@H](C=O)Cc1c[nH]c2ccccc12. The van der Waals surface area contributed by atoms with Crippen molar-refractivity contribution in [1.29, 1.82) is 0 Å². The second-order valence-electron chi connectivity index (χ2n) is 5.24. The Kier molecular flexibility index (Phi) is 4.93. The van der Waals surface area contributed by atoms with Gasteiger partial charge in [0.2, 0.25) is 11.8 Å². The highest BCUT2D eigenvalue weighted by Gasteiger charge is 2.19. The van der Waals surface area contributed by atoms with Crippen LogP contribution in [0.4, 0.5) is 0 Å². The molecule has 0 fully saturated rings. The Morgan fingerprint density at radius 2 is 2.00 bits per heavy atom. The minimum absolute atomic E-state index is 0.290. The summed E-state index contributed by atoms with van der Waals surface area (Å²) in [6, 6.07) is 6.45. The van der Waals surface area contributed by atoms with E-state index in [9.17, 15) is 14.4 Å². The molecule has 2 rings (SSSR count). The van der Waals surface area contributed by atoms with Gasteiger partial charge < -0.3 is 20.4 Å². The zero-order valence-corrected chi connectivity index (χ0v) is 12.6. The molecule has 2 atom stereocenters. The number of benzene rings is 1. The average molecular weight is 301 g/mol. The molecule has 1 aromatic carbocycles. The number of carbonyl (C=O) groups excluding carboxylic acids is 3. The van der Waals surface area contributed by atoms with E-state index in [2.05, 4.69) is 15.6 Å². The van der Waals surface area contributed by atoms with Gasteiger partial charge in [0.25, 0.3) is 0 Å². The number of hydrogen-bond donors (Lipinski definition) is 3. The van der Waals surface area contributed by atoms with Crippen molar-refractivity contribution >= 4 is 29.0 Å². The number of amides is 2. The lowest BCUT2D eigenvalue weighted by atomic mass is 10.1. The summed E-state index contributed by atoms with van der Waals surface area (Å²) in [5.41, 5.74) is 1.94. The van der Waals surface area contributed by atoms with E-state index in [0.29, 0.717) is 12.7 Å². The number of carbonyl (C=O) groups is 3. The van der Waals surface area contributed by atoms with Gasteiger partial charge in [-0.1, -0.05) is 18.2 Å². The van der Waals surface area contributed by atoms with Crippen LogP contribution in [-0.2, 0) is 20.8 Å². The van der Waals surface area contributed by atoms with E-state index in [-0.39, 0.29) is 11.8 Å². The second kappa shape index (κ2) is 6.89. The highest BCUT2D eigenvalue weighted by Crippen LogP contribution is 2.18. The first-order valence-corrected chi connectivity index (χ1v) is 7.09. The van der Waals surface area contributed by atoms with Crippen molar-refractivity contribution < 1.29 is 14.4 Å². The predicted octanol–water partition coefficient (Wildman–Crippen LogP) is 0.919. The van der Waals surface area contributed by atoms with Crippen molar-refractivity contribution in [1.82, 2.24) is 15.6 Å². The monoisotopic (exact) mass is 301 g/mol. The third-order valence-corrected chi connectivity index (χ3v) is 3.42. The molecule has 0 aliphatic heterocycles. The Morgan fingerprint density at radius 1 is 1.27 bits per heavy atom. The molecule has 0 aliphatic rings. The molecule has 0 aliphatic carbocycles. The fourth-order valence-corrected chi connectivity index (χ4v) is 2.35. The van der Waals surface area contributed by atoms with Gasteiger partial charge in [0.1, 0.15) is 12.3 Å². The molecule has 3 N–H and O–H groups in total. The molecule has 1 aromatic heterocycles. The van der Waals surface area contributed by atoms with Crippen LogP contribution in [0.25, 0.3) is 10.9 Å². The summed E-state index contributed by atoms with van der Waals surface area (Å²) in [4.78, 5) is 37.3. The Balaban J connectivity index is 2.05. The number of H-pyrrole nitrogens is 1. The molecule has 22 heavy (non-hydrogen) atoms. The van der Waals surface area contributed by atoms with E-state index in [1.165, 1.54) is 6.92 Å². The van der Waals surface area contributed by atoms with E-state index in [0.717, 1.165) is 16.5 Å². The molecular formula is C16H19N3O3. The standard InChI is InChI=1S/C16H19N3O3/c1-10(18-11(2)21)16(22)19-13(9-20)7-12-8-17-15-6-4-3-5-14(12)15/h3-6,8-10,13,17H,7H2,1-2H3,(H,18,21)(H,19,22)/t10-,13-/m0/s1. The van der Waals surface area contributed by atoms with Gasteiger partial charge in [0.15, 0.2) is 0 Å². The van der Waals surface area contributed by atoms with Crippen LogP contribution >= 0.6 is 0 Å². The molecule has 0 saturated carbocycles. The number of nitrogens with one attached hydrogen (secondary N) is 3. The van der Waals surface area contributed by atoms with Crippen LogP contribution in [0.2, 0.25) is 0 Å². The Morgan fingerprint density at radius 3 is 2.68 bits per heavy atom. The lowest BCUT2D eigenvalue weighted by molar-refractivity contribution is -0.128. The lowest BCUT2D eigenvalue weighted by Gasteiger charge is -2.17. The molecule has 6 nitrogen and oxygen atoms in total. The highest BCUT2D eigenvalue weighted by molar-refractivity contribution is 5.88. The van der Waals surface area contributed by atoms with Crippen LogP contribution in [0, 0.1) is 0 Å². The van der Waals surface area contributed by atoms with Gasteiger partial charge >= 0.3 is 0 Å². The van der Waals surface area contributed by atoms with Crippen molar-refractivity contribution in [3.8, 4) is 0 Å². The van der Waals surface area contributed by atoms with E-state index in [1.807, 2.05) is 30.5 Å². The maximum Gasteiger partial charge on any atom is 0.242 e. The van der Waals surface area contributed by atoms with Crippen LogP contribution in [0.1, 0.15) is 19.4 Å². The third kappa shape index (κ3) is 3.72. The predicted molar refractivity (Wildman–Crippen MR) is 83.3 cm³/mol. The first-order chi connectivity index (χ1) is 10.5. The molecule has 2 aromatic rings. The molecule has 0 bridgehead atoms. The molecule has 0 spiro atoms. The molecule has 0 unspecified atom stereocenters. The Hall–Kier alpha value is -2.63. The number of aromatic amines is 1. The zero-order chi connectivity index (χ0) is 16.1. The summed E-state index contributed by atoms with van der Waals surface area (Å²) in [7, 11) is 0. The smallest absolute Gasteiger partial charge is 0.242 e. The van der Waals surface area contributed by atoms with E-state index in [4.69, 9.17) is 0 Å². The Labute approximate surface area is 128 Å². The summed E-state index contributed by atoms with van der Waals surface area (Å²) in [6.45, 7) is 2.91. The first kappa shape index (κ1) is 15.8. The van der Waals surface area contributed by atoms with Crippen molar-refractivity contribution in [3.63, 3.8) is 0 Å². The molecular weight excluding hydrogens is 282 g/mol. The molecule has 1 heterocycles. The number of fused-ring (bicyclic) bond motifs is 1. The van der Waals surface area contributed by atoms with Crippen LogP contribution in [-0.4, -0.2) is 35.2 Å². The van der Waals surface area contributed by atoms with Gasteiger partial charge in [0.05, 0.1) is 6.04 Å². The summed E-state index contributed by atoms with van der Waals surface area (Å²) < 4.78 is 0. The first-order valence-electron chi connectivity index (χ1n) is 7.09. The van der Waals surface area contributed by atoms with Crippen molar-refractivity contribution in [2.45, 2.75) is 32.4 Å². The number of hydrogen-bond acceptors (Lipinski definition) is 3. The van der Waals surface area contributed by atoms with Crippen molar-refractivity contribution in [2.75, 3.05) is 0 Å². The van der Waals surface area contributed by atoms with Gasteiger partial charge in [-0.15, -0.1) is 0 Å². The zero-order valence-electron chi connectivity index (χ0n) is 12.6. The molecule has 2 amide bonds. The molecule has 6 heteroatoms. The van der Waals surface area contributed by atoms with Gasteiger partial charge in [-0.3, -0.25) is 9.59 Å². The number of aldehydes is 1. The summed E-state index contributed by atoms with van der Waals surface area (Å²) in [6.07, 6.45) is 2.94. The van der Waals surface area contributed by atoms with E-state index in [1.54, 1.807) is 6.92 Å². The largest absolute Gasteiger partial charge is 0.361 e. The minimum Gasteiger partial charge on any atom is -0.361 e.